The van der Waals surface area contributed by atoms with Crippen LogP contribution in [0.25, 0.3) is 0 Å². The lowest BCUT2D eigenvalue weighted by Gasteiger charge is -2.23. The molecule has 0 bridgehead atoms. The fourth-order valence-electron chi connectivity index (χ4n) is 1.20. The lowest BCUT2D eigenvalue weighted by atomic mass is 10.1. The number of nitrogens with one attached hydrogen (secondary N) is 1. The van der Waals surface area contributed by atoms with Gasteiger partial charge in [0.1, 0.15) is 12.2 Å². The van der Waals surface area contributed by atoms with E-state index in [-0.39, 0.29) is 0 Å². The zero-order valence-electron chi connectivity index (χ0n) is 10.4. The molecule has 0 fully saturated rings. The first-order valence-corrected chi connectivity index (χ1v) is 8.71. The fraction of sp³-hybridized carbons (Fsp3) is 0.857. The van der Waals surface area contributed by atoms with E-state index < -0.39 is 58.0 Å². The summed E-state index contributed by atoms with van der Waals surface area (Å²) in [6.07, 6.45) is -6.23. The van der Waals surface area contributed by atoms with Gasteiger partial charge in [-0.2, -0.15) is 0 Å². The third kappa shape index (κ3) is 6.49. The molecule has 0 spiro atoms. The van der Waals surface area contributed by atoms with Crippen molar-refractivity contribution in [2.45, 2.75) is 23.7 Å². The van der Waals surface area contributed by atoms with Crippen molar-refractivity contribution in [2.75, 3.05) is 13.2 Å². The lowest BCUT2D eigenvalue weighted by molar-refractivity contribution is -0.142. The summed E-state index contributed by atoms with van der Waals surface area (Å²) in [7, 11) is -10.5. The average molecular weight is 353 g/mol. The second kappa shape index (κ2) is 7.75. The molecule has 0 heterocycles. The Kier molecular flexibility index (Phi) is 7.60. The molecule has 0 aromatic rings. The van der Waals surface area contributed by atoms with E-state index in [2.05, 4.69) is 0 Å². The lowest BCUT2D eigenvalue weighted by Crippen LogP contribution is -2.49. The number of amides is 1. The molecule has 3 atom stereocenters. The Morgan fingerprint density at radius 2 is 1.43 bits per heavy atom. The SMILES string of the molecule is O=C(NCC(P(=O)(O)O)P(=O)(O)O)[C@@H](O)[C@H](O)[C@H](O)CO. The highest BCUT2D eigenvalue weighted by Crippen LogP contribution is 2.59. The van der Waals surface area contributed by atoms with Gasteiger partial charge in [-0.15, -0.1) is 0 Å². The number of hydrogen-bond acceptors (Lipinski definition) is 7. The summed E-state index contributed by atoms with van der Waals surface area (Å²) < 4.78 is 21.8. The van der Waals surface area contributed by atoms with Crippen LogP contribution in [0, 0.1) is 0 Å². The average Bonchev–Trinajstić information content (AvgIpc) is 2.32. The van der Waals surface area contributed by atoms with Crippen LogP contribution < -0.4 is 5.32 Å². The monoisotopic (exact) mass is 353 g/mol. The maximum absolute atomic E-state index is 11.3. The van der Waals surface area contributed by atoms with Gasteiger partial charge in [0.25, 0.3) is 5.91 Å². The Morgan fingerprint density at radius 1 is 1.00 bits per heavy atom. The van der Waals surface area contributed by atoms with E-state index in [0.29, 0.717) is 0 Å². The van der Waals surface area contributed by atoms with Crippen LogP contribution in [0.15, 0.2) is 0 Å². The molecule has 0 radical (unpaired) electrons. The third-order valence-electron chi connectivity index (χ3n) is 2.41. The molecular formula is C7H17NO11P2. The zero-order chi connectivity index (χ0) is 17.0. The van der Waals surface area contributed by atoms with Crippen molar-refractivity contribution in [1.29, 1.82) is 0 Å². The first-order valence-electron chi connectivity index (χ1n) is 5.35. The number of rotatable bonds is 8. The summed E-state index contributed by atoms with van der Waals surface area (Å²) >= 11 is 0. The summed E-state index contributed by atoms with van der Waals surface area (Å²) in [5.74, 6) is -1.44. The molecule has 0 aliphatic carbocycles. The minimum atomic E-state index is -5.24. The molecule has 0 aromatic heterocycles. The van der Waals surface area contributed by atoms with Crippen LogP contribution in [0.2, 0.25) is 0 Å². The predicted octanol–water partition coefficient (Wildman–Crippen LogP) is -4.14. The summed E-state index contributed by atoms with van der Waals surface area (Å²) in [5.41, 5.74) is 0. The number of carbonyl (C=O) groups excluding carboxylic acids is 1. The smallest absolute Gasteiger partial charge is 0.342 e. The third-order valence-corrected chi connectivity index (χ3v) is 6.13. The van der Waals surface area contributed by atoms with Gasteiger partial charge in [0.2, 0.25) is 0 Å². The molecule has 0 aromatic carbocycles. The van der Waals surface area contributed by atoms with Crippen molar-refractivity contribution >= 4 is 21.1 Å². The van der Waals surface area contributed by atoms with E-state index >= 15 is 0 Å². The molecule has 0 saturated carbocycles. The van der Waals surface area contributed by atoms with Crippen molar-refractivity contribution in [2.24, 2.45) is 0 Å². The van der Waals surface area contributed by atoms with E-state index in [9.17, 15) is 24.1 Å². The van der Waals surface area contributed by atoms with Gasteiger partial charge in [0.15, 0.2) is 11.5 Å². The molecule has 0 rings (SSSR count). The van der Waals surface area contributed by atoms with Gasteiger partial charge >= 0.3 is 15.2 Å². The Balaban J connectivity index is 4.80. The van der Waals surface area contributed by atoms with Crippen molar-refractivity contribution in [3.05, 3.63) is 0 Å². The first-order chi connectivity index (χ1) is 9.32. The van der Waals surface area contributed by atoms with Crippen molar-refractivity contribution in [1.82, 2.24) is 5.32 Å². The molecule has 0 unspecified atom stereocenters. The number of aliphatic hydroxyl groups excluding tert-OH is 4. The second-order valence-corrected chi connectivity index (χ2v) is 8.10. The number of carbonyl (C=O) groups is 1. The second-order valence-electron chi connectivity index (χ2n) is 4.09. The quantitative estimate of drug-likeness (QED) is 0.190. The van der Waals surface area contributed by atoms with Crippen LogP contribution in [-0.4, -0.2) is 82.8 Å². The van der Waals surface area contributed by atoms with Gasteiger partial charge in [-0.25, -0.2) is 0 Å². The van der Waals surface area contributed by atoms with Gasteiger partial charge in [0.05, 0.1) is 6.61 Å². The van der Waals surface area contributed by atoms with Crippen molar-refractivity contribution in [3.8, 4) is 0 Å². The van der Waals surface area contributed by atoms with E-state index in [1.807, 2.05) is 0 Å². The van der Waals surface area contributed by atoms with E-state index in [4.69, 9.17) is 29.8 Å². The Labute approximate surface area is 118 Å². The normalized spacial score (nSPS) is 17.4. The minimum Gasteiger partial charge on any atom is -0.394 e. The number of hydrogen-bond donors (Lipinski definition) is 9. The van der Waals surface area contributed by atoms with Crippen molar-refractivity contribution in [3.63, 3.8) is 0 Å². The van der Waals surface area contributed by atoms with Crippen LogP contribution in [0.4, 0.5) is 0 Å². The highest BCUT2D eigenvalue weighted by atomic mass is 31.2. The largest absolute Gasteiger partial charge is 0.394 e. The highest BCUT2D eigenvalue weighted by Gasteiger charge is 2.44. The molecule has 12 nitrogen and oxygen atoms in total. The maximum atomic E-state index is 11.3. The summed E-state index contributed by atoms with van der Waals surface area (Å²) in [6.45, 7) is -2.15. The molecule has 0 aliphatic heterocycles. The summed E-state index contributed by atoms with van der Waals surface area (Å²) in [5, 5.41) is 35.1. The molecule has 1 amide bonds. The zero-order valence-corrected chi connectivity index (χ0v) is 12.2. The minimum absolute atomic E-state index is 0.973. The molecule has 126 valence electrons. The van der Waals surface area contributed by atoms with Crippen LogP contribution in [-0.2, 0) is 13.9 Å². The topological polar surface area (TPSA) is 225 Å². The van der Waals surface area contributed by atoms with Crippen LogP contribution in [0.3, 0.4) is 0 Å². The Hall–Kier alpha value is -0.390. The summed E-state index contributed by atoms with van der Waals surface area (Å²) in [6, 6.07) is 0. The molecule has 14 heteroatoms. The van der Waals surface area contributed by atoms with Crippen molar-refractivity contribution < 1.29 is 53.9 Å². The van der Waals surface area contributed by atoms with Gasteiger partial charge in [-0.3, -0.25) is 13.9 Å². The Morgan fingerprint density at radius 3 is 1.76 bits per heavy atom. The standard InChI is InChI=1S/C7H17NO11P2/c9-2-3(10)5(11)6(12)7(13)8-1-4(20(14,15)16)21(17,18)19/h3-6,9-12H,1-2H2,(H,8,13)(H2,14,15,16)(H2,17,18,19)/t3-,5-,6+/m1/s1. The van der Waals surface area contributed by atoms with Crippen LogP contribution >= 0.6 is 15.2 Å². The fourth-order valence-corrected chi connectivity index (χ4v) is 3.43. The van der Waals surface area contributed by atoms with E-state index in [1.54, 1.807) is 5.32 Å². The van der Waals surface area contributed by atoms with Gasteiger partial charge in [-0.1, -0.05) is 0 Å². The number of aliphatic hydroxyl groups is 4. The van der Waals surface area contributed by atoms with Crippen LogP contribution in [0.1, 0.15) is 0 Å². The van der Waals surface area contributed by atoms with Gasteiger partial charge in [-0.05, 0) is 0 Å². The predicted molar refractivity (Wildman–Crippen MR) is 66.0 cm³/mol. The summed E-state index contributed by atoms with van der Waals surface area (Å²) in [4.78, 5) is 46.5. The molecule has 0 aliphatic rings. The van der Waals surface area contributed by atoms with Gasteiger partial charge in [0, 0.05) is 6.54 Å². The highest BCUT2D eigenvalue weighted by molar-refractivity contribution is 7.70. The Bertz CT molecular complexity index is 422. The maximum Gasteiger partial charge on any atom is 0.342 e. The first kappa shape index (κ1) is 20.6. The van der Waals surface area contributed by atoms with Crippen LogP contribution in [0.5, 0.6) is 0 Å². The van der Waals surface area contributed by atoms with E-state index in [0.717, 1.165) is 0 Å². The molecule has 9 N–H and O–H groups in total. The molecular weight excluding hydrogens is 336 g/mol. The molecule has 0 saturated heterocycles. The molecule has 21 heavy (non-hydrogen) atoms. The van der Waals surface area contributed by atoms with Gasteiger partial charge < -0.3 is 45.3 Å². The van der Waals surface area contributed by atoms with E-state index in [1.165, 1.54) is 0 Å².